The average molecular weight is 456 g/mol. The molecule has 3 aromatic rings. The molecule has 0 N–H and O–H groups in total. The third-order valence-corrected chi connectivity index (χ3v) is 8.53. The number of anilines is 1. The van der Waals surface area contributed by atoms with Gasteiger partial charge in [-0.3, -0.25) is 14.4 Å². The van der Waals surface area contributed by atoms with Gasteiger partial charge >= 0.3 is 0 Å². The van der Waals surface area contributed by atoms with Gasteiger partial charge in [0, 0.05) is 24.2 Å². The molecule has 3 aromatic heterocycles. The molecule has 2 atom stereocenters. The summed E-state index contributed by atoms with van der Waals surface area (Å²) in [7, 11) is 0. The highest BCUT2D eigenvalue weighted by Gasteiger charge is 2.70. The lowest BCUT2D eigenvalue weighted by molar-refractivity contribution is -0.153. The molecular formula is C24H21FN8O. The first-order chi connectivity index (χ1) is 16.3. The fourth-order valence-corrected chi connectivity index (χ4v) is 6.58. The molecule has 10 heteroatoms. The van der Waals surface area contributed by atoms with Crippen LogP contribution in [-0.2, 0) is 10.3 Å². The van der Waals surface area contributed by atoms with Crippen LogP contribution in [0.2, 0.25) is 0 Å². The quantitative estimate of drug-likeness (QED) is 0.596. The Bertz CT molecular complexity index is 1470. The number of aromatic nitrogens is 5. The molecule has 1 saturated heterocycles. The topological polar surface area (TPSA) is 116 Å². The summed E-state index contributed by atoms with van der Waals surface area (Å²) in [5.41, 5.74) is -0.0170. The van der Waals surface area contributed by atoms with E-state index in [1.165, 1.54) is 9.42 Å². The third-order valence-electron chi connectivity index (χ3n) is 8.53. The summed E-state index contributed by atoms with van der Waals surface area (Å²) in [6.07, 6.45) is 10.5. The predicted octanol–water partition coefficient (Wildman–Crippen LogP) is 3.04. The molecule has 1 aliphatic heterocycles. The Balaban J connectivity index is 1.31. The zero-order chi connectivity index (χ0) is 23.5. The van der Waals surface area contributed by atoms with Crippen molar-refractivity contribution in [3.05, 3.63) is 30.6 Å². The Hall–Kier alpha value is -3.79. The van der Waals surface area contributed by atoms with E-state index in [1.807, 2.05) is 17.8 Å². The second-order valence-electron chi connectivity index (χ2n) is 10.6. The number of halogens is 1. The molecule has 5 aliphatic rings. The lowest BCUT2D eigenvalue weighted by atomic mass is 9.40. The number of nitrogens with zero attached hydrogens (tertiary/aromatic N) is 8. The minimum atomic E-state index is -1.09. The van der Waals surface area contributed by atoms with Gasteiger partial charge in [0.1, 0.15) is 10.9 Å². The van der Waals surface area contributed by atoms with Gasteiger partial charge < -0.3 is 0 Å². The molecular weight excluding hydrogens is 435 g/mol. The van der Waals surface area contributed by atoms with Crippen LogP contribution in [0.4, 0.5) is 10.2 Å². The number of carbonyl (C=O) groups is 1. The highest BCUT2D eigenvalue weighted by molar-refractivity contribution is 6.04. The summed E-state index contributed by atoms with van der Waals surface area (Å²) < 4.78 is 18.1. The second kappa shape index (κ2) is 6.01. The fraction of sp³-hybridized carbons (Fsp3) is 0.500. The lowest BCUT2D eigenvalue weighted by Gasteiger charge is -2.66. The van der Waals surface area contributed by atoms with Crippen molar-refractivity contribution in [1.82, 2.24) is 24.4 Å². The minimum absolute atomic E-state index is 0.0435. The standard InChI is InChI=1S/C24H21FN8O/c1-14-6-31(21(34)24(14,13-27)16-2-3-16)20-19-17(25)5-28-32(19)8-18(30-20)15-4-29-33(7-15)23-9-22(10-23,11-23)12-26/h4-5,7-8,14,16H,2-3,6,9-11H2,1H3/t14-,22?,23?,24+/m1/s1. The Kier molecular flexibility index (Phi) is 3.47. The van der Waals surface area contributed by atoms with Gasteiger partial charge in [-0.25, -0.2) is 13.9 Å². The van der Waals surface area contributed by atoms with E-state index < -0.39 is 11.2 Å². The first-order valence-corrected chi connectivity index (χ1v) is 11.6. The van der Waals surface area contributed by atoms with Crippen LogP contribution in [0.3, 0.4) is 0 Å². The molecule has 5 fully saturated rings. The van der Waals surface area contributed by atoms with E-state index in [1.54, 1.807) is 12.4 Å². The Morgan fingerprint density at radius 1 is 1.12 bits per heavy atom. The molecule has 4 saturated carbocycles. The normalized spacial score (nSPS) is 33.9. The van der Waals surface area contributed by atoms with Crippen LogP contribution in [0.15, 0.2) is 24.8 Å². The molecule has 34 heavy (non-hydrogen) atoms. The van der Waals surface area contributed by atoms with Gasteiger partial charge in [0.15, 0.2) is 11.6 Å². The molecule has 0 unspecified atom stereocenters. The van der Waals surface area contributed by atoms with Crippen molar-refractivity contribution < 1.29 is 9.18 Å². The van der Waals surface area contributed by atoms with E-state index in [4.69, 9.17) is 4.98 Å². The van der Waals surface area contributed by atoms with Crippen molar-refractivity contribution in [3.63, 3.8) is 0 Å². The summed E-state index contributed by atoms with van der Waals surface area (Å²) in [6, 6.07) is 4.72. The van der Waals surface area contributed by atoms with Crippen molar-refractivity contribution in [2.75, 3.05) is 11.4 Å². The maximum absolute atomic E-state index is 14.8. The van der Waals surface area contributed by atoms with Gasteiger partial charge in [-0.05, 0) is 38.0 Å². The van der Waals surface area contributed by atoms with Crippen LogP contribution in [-0.4, -0.2) is 36.8 Å². The zero-order valence-electron chi connectivity index (χ0n) is 18.6. The third kappa shape index (κ3) is 2.21. The molecule has 9 nitrogen and oxygen atoms in total. The fourth-order valence-electron chi connectivity index (χ4n) is 6.58. The number of hydrogen-bond donors (Lipinski definition) is 0. The van der Waals surface area contributed by atoms with E-state index in [2.05, 4.69) is 22.3 Å². The van der Waals surface area contributed by atoms with Crippen LogP contribution < -0.4 is 4.90 Å². The van der Waals surface area contributed by atoms with Gasteiger partial charge in [-0.15, -0.1) is 0 Å². The molecule has 4 heterocycles. The number of rotatable bonds is 4. The number of amides is 1. The van der Waals surface area contributed by atoms with Crippen molar-refractivity contribution in [1.29, 1.82) is 10.5 Å². The lowest BCUT2D eigenvalue weighted by Crippen LogP contribution is -2.67. The number of nitriles is 2. The molecule has 1 amide bonds. The minimum Gasteiger partial charge on any atom is -0.293 e. The van der Waals surface area contributed by atoms with E-state index >= 15 is 0 Å². The Morgan fingerprint density at radius 3 is 2.56 bits per heavy atom. The highest BCUT2D eigenvalue weighted by Crippen LogP contribution is 2.70. The van der Waals surface area contributed by atoms with Crippen LogP contribution in [0, 0.1) is 51.1 Å². The van der Waals surface area contributed by atoms with Gasteiger partial charge in [0.05, 0.1) is 47.4 Å². The van der Waals surface area contributed by atoms with Crippen LogP contribution in [0.5, 0.6) is 0 Å². The van der Waals surface area contributed by atoms with Crippen LogP contribution in [0.25, 0.3) is 16.8 Å². The largest absolute Gasteiger partial charge is 0.293 e. The number of hydrogen-bond acceptors (Lipinski definition) is 6. The smallest absolute Gasteiger partial charge is 0.249 e. The second-order valence-corrected chi connectivity index (χ2v) is 10.6. The van der Waals surface area contributed by atoms with Crippen LogP contribution >= 0.6 is 0 Å². The van der Waals surface area contributed by atoms with Crippen LogP contribution in [0.1, 0.15) is 39.0 Å². The van der Waals surface area contributed by atoms with Crippen molar-refractivity contribution >= 4 is 17.2 Å². The summed E-state index contributed by atoms with van der Waals surface area (Å²) in [6.45, 7) is 2.22. The van der Waals surface area contributed by atoms with Crippen molar-refractivity contribution in [2.24, 2.45) is 22.7 Å². The SMILES string of the molecule is C[C@@H]1CN(c2nc(-c3cnn(C45CC(C#N)(C4)C5)c3)cn3ncc(F)c23)C(=O)[C@]1(C#N)C1CC1. The summed E-state index contributed by atoms with van der Waals surface area (Å²) in [5, 5.41) is 28.0. The molecule has 8 rings (SSSR count). The molecule has 4 aliphatic carbocycles. The molecule has 0 aromatic carbocycles. The van der Waals surface area contributed by atoms with Gasteiger partial charge in [0.2, 0.25) is 5.91 Å². The highest BCUT2D eigenvalue weighted by atomic mass is 19.1. The van der Waals surface area contributed by atoms with Crippen molar-refractivity contribution in [3.8, 4) is 23.4 Å². The Labute approximate surface area is 194 Å². The van der Waals surface area contributed by atoms with E-state index in [-0.39, 0.29) is 40.0 Å². The first kappa shape index (κ1) is 19.7. The van der Waals surface area contributed by atoms with Gasteiger partial charge in [0.25, 0.3) is 0 Å². The average Bonchev–Trinajstić information content (AvgIpc) is 3.29. The summed E-state index contributed by atoms with van der Waals surface area (Å²) >= 11 is 0. The maximum atomic E-state index is 14.8. The van der Waals surface area contributed by atoms with E-state index in [0.717, 1.165) is 43.9 Å². The number of fused-ring (bicyclic) bond motifs is 1. The van der Waals surface area contributed by atoms with E-state index in [9.17, 15) is 19.7 Å². The van der Waals surface area contributed by atoms with Gasteiger partial charge in [-0.2, -0.15) is 20.7 Å². The van der Waals surface area contributed by atoms with Crippen molar-refractivity contribution in [2.45, 2.75) is 44.6 Å². The van der Waals surface area contributed by atoms with Gasteiger partial charge in [-0.1, -0.05) is 6.92 Å². The Morgan fingerprint density at radius 2 is 1.88 bits per heavy atom. The predicted molar refractivity (Wildman–Crippen MR) is 116 cm³/mol. The monoisotopic (exact) mass is 456 g/mol. The first-order valence-electron chi connectivity index (χ1n) is 11.6. The molecule has 2 bridgehead atoms. The summed E-state index contributed by atoms with van der Waals surface area (Å²) in [5.74, 6) is -0.829. The maximum Gasteiger partial charge on any atom is 0.249 e. The summed E-state index contributed by atoms with van der Waals surface area (Å²) in [4.78, 5) is 19.8. The number of carbonyl (C=O) groups excluding carboxylic acids is 1. The molecule has 0 spiro atoms. The van der Waals surface area contributed by atoms with E-state index in [0.29, 0.717) is 12.2 Å². The molecule has 0 radical (unpaired) electrons. The molecule has 170 valence electrons. The zero-order valence-corrected chi connectivity index (χ0v) is 18.6.